The number of amides is 1. The van der Waals surface area contributed by atoms with Gasteiger partial charge < -0.3 is 20.7 Å². The summed E-state index contributed by atoms with van der Waals surface area (Å²) in [5, 5.41) is 13.1. The fraction of sp³-hybridized carbons (Fsp3) is 0.261. The summed E-state index contributed by atoms with van der Waals surface area (Å²) >= 11 is 0. The van der Waals surface area contributed by atoms with E-state index in [9.17, 15) is 9.90 Å². The molecule has 0 radical (unpaired) electrons. The first-order valence-corrected chi connectivity index (χ1v) is 9.72. The third-order valence-electron chi connectivity index (χ3n) is 5.44. The van der Waals surface area contributed by atoms with Crippen molar-refractivity contribution < 1.29 is 9.90 Å². The van der Waals surface area contributed by atoms with Gasteiger partial charge in [0.05, 0.1) is 11.7 Å². The molecule has 28 heavy (non-hydrogen) atoms. The maximum atomic E-state index is 12.0. The number of hydrogen-bond donors (Lipinski definition) is 3. The molecule has 1 aliphatic carbocycles. The zero-order valence-corrected chi connectivity index (χ0v) is 15.7. The molecule has 5 heteroatoms. The van der Waals surface area contributed by atoms with Gasteiger partial charge in [-0.25, -0.2) is 0 Å². The molecular weight excluding hydrogens is 350 g/mol. The summed E-state index contributed by atoms with van der Waals surface area (Å²) in [5.41, 5.74) is 9.99. The Bertz CT molecular complexity index is 940. The van der Waals surface area contributed by atoms with Gasteiger partial charge >= 0.3 is 0 Å². The predicted octanol–water partition coefficient (Wildman–Crippen LogP) is 3.96. The summed E-state index contributed by atoms with van der Waals surface area (Å²) in [4.78, 5) is 12.0. The molecule has 0 unspecified atom stereocenters. The zero-order valence-electron chi connectivity index (χ0n) is 15.7. The lowest BCUT2D eigenvalue weighted by atomic mass is 9.92. The number of nitrogens with one attached hydrogen (secondary N) is 1. The average Bonchev–Trinajstić information content (AvgIpc) is 3.25. The highest BCUT2D eigenvalue weighted by molar-refractivity contribution is 6.00. The van der Waals surface area contributed by atoms with Crippen molar-refractivity contribution in [3.8, 4) is 16.8 Å². The normalized spacial score (nSPS) is 19.3. The van der Waals surface area contributed by atoms with E-state index in [4.69, 9.17) is 5.73 Å². The Morgan fingerprint density at radius 3 is 2.25 bits per heavy atom. The monoisotopic (exact) mass is 375 g/mol. The number of primary amides is 1. The van der Waals surface area contributed by atoms with E-state index in [2.05, 4.69) is 17.4 Å². The van der Waals surface area contributed by atoms with Gasteiger partial charge in [0.25, 0.3) is 5.91 Å². The second-order valence-corrected chi connectivity index (χ2v) is 7.41. The van der Waals surface area contributed by atoms with Gasteiger partial charge in [-0.05, 0) is 73.2 Å². The van der Waals surface area contributed by atoms with Gasteiger partial charge in [0.2, 0.25) is 0 Å². The Morgan fingerprint density at radius 2 is 1.61 bits per heavy atom. The van der Waals surface area contributed by atoms with E-state index < -0.39 is 5.91 Å². The van der Waals surface area contributed by atoms with Crippen LogP contribution in [-0.2, 0) is 0 Å². The molecule has 144 valence electrons. The molecule has 3 aromatic rings. The SMILES string of the molecule is NC(=O)c1cc(-c2ccc(-n3cccc3)cc2)ccc1NC1CCC(O)CC1. The van der Waals surface area contributed by atoms with Crippen LogP contribution in [0.1, 0.15) is 36.0 Å². The summed E-state index contributed by atoms with van der Waals surface area (Å²) in [5.74, 6) is -0.441. The number of anilines is 1. The lowest BCUT2D eigenvalue weighted by Crippen LogP contribution is -2.29. The largest absolute Gasteiger partial charge is 0.393 e. The standard InChI is InChI=1S/C23H25N3O2/c24-23(28)21-15-17(5-12-22(21)25-18-6-10-20(27)11-7-18)16-3-8-19(9-4-16)26-13-1-2-14-26/h1-5,8-9,12-15,18,20,25,27H,6-7,10-11H2,(H2,24,28). The molecule has 0 atom stereocenters. The number of aromatic nitrogens is 1. The van der Waals surface area contributed by atoms with Gasteiger partial charge in [-0.15, -0.1) is 0 Å². The molecule has 5 nitrogen and oxygen atoms in total. The first-order valence-electron chi connectivity index (χ1n) is 9.72. The molecule has 0 aliphatic heterocycles. The summed E-state index contributed by atoms with van der Waals surface area (Å²) < 4.78 is 2.05. The minimum Gasteiger partial charge on any atom is -0.393 e. The third-order valence-corrected chi connectivity index (χ3v) is 5.44. The molecule has 0 saturated heterocycles. The molecule has 4 N–H and O–H groups in total. The topological polar surface area (TPSA) is 80.3 Å². The van der Waals surface area contributed by atoms with Crippen molar-refractivity contribution in [2.45, 2.75) is 37.8 Å². The zero-order chi connectivity index (χ0) is 19.5. The number of carbonyl (C=O) groups is 1. The predicted molar refractivity (Wildman–Crippen MR) is 112 cm³/mol. The van der Waals surface area contributed by atoms with Gasteiger partial charge in [-0.2, -0.15) is 0 Å². The number of aliphatic hydroxyl groups is 1. The summed E-state index contributed by atoms with van der Waals surface area (Å²) in [6, 6.07) is 18.2. The molecule has 0 spiro atoms. The van der Waals surface area contributed by atoms with Crippen molar-refractivity contribution >= 4 is 11.6 Å². The molecule has 2 aromatic carbocycles. The van der Waals surface area contributed by atoms with Crippen molar-refractivity contribution in [1.82, 2.24) is 4.57 Å². The molecule has 1 fully saturated rings. The molecular formula is C23H25N3O2. The van der Waals surface area contributed by atoms with Gasteiger partial charge in [0, 0.05) is 29.8 Å². The fourth-order valence-electron chi connectivity index (χ4n) is 3.83. The molecule has 4 rings (SSSR count). The van der Waals surface area contributed by atoms with E-state index in [1.165, 1.54) is 0 Å². The number of carbonyl (C=O) groups excluding carboxylic acids is 1. The van der Waals surface area contributed by atoms with Crippen LogP contribution in [0.25, 0.3) is 16.8 Å². The Balaban J connectivity index is 1.57. The second-order valence-electron chi connectivity index (χ2n) is 7.41. The summed E-state index contributed by atoms with van der Waals surface area (Å²) in [7, 11) is 0. The van der Waals surface area contributed by atoms with Gasteiger partial charge in [-0.3, -0.25) is 4.79 Å². The van der Waals surface area contributed by atoms with Gasteiger partial charge in [0.1, 0.15) is 0 Å². The Morgan fingerprint density at radius 1 is 0.964 bits per heavy atom. The summed E-state index contributed by atoms with van der Waals surface area (Å²) in [6.07, 6.45) is 7.16. The fourth-order valence-corrected chi connectivity index (χ4v) is 3.83. The highest BCUT2D eigenvalue weighted by atomic mass is 16.3. The average molecular weight is 375 g/mol. The van der Waals surface area contributed by atoms with Crippen LogP contribution in [0.2, 0.25) is 0 Å². The van der Waals surface area contributed by atoms with E-state index in [1.807, 2.05) is 59.4 Å². The smallest absolute Gasteiger partial charge is 0.250 e. The lowest BCUT2D eigenvalue weighted by molar-refractivity contribution is 0.100. The van der Waals surface area contributed by atoms with Crippen LogP contribution < -0.4 is 11.1 Å². The second kappa shape index (κ2) is 7.90. The van der Waals surface area contributed by atoms with Crippen LogP contribution in [-0.4, -0.2) is 27.7 Å². The van der Waals surface area contributed by atoms with Crippen molar-refractivity contribution in [2.24, 2.45) is 5.73 Å². The van der Waals surface area contributed by atoms with Gasteiger partial charge in [-0.1, -0.05) is 18.2 Å². The first-order chi connectivity index (χ1) is 13.6. The Hall–Kier alpha value is -3.05. The van der Waals surface area contributed by atoms with Crippen LogP contribution in [0.15, 0.2) is 67.0 Å². The maximum absolute atomic E-state index is 12.0. The molecule has 1 heterocycles. The van der Waals surface area contributed by atoms with Crippen molar-refractivity contribution in [3.63, 3.8) is 0 Å². The number of rotatable bonds is 5. The van der Waals surface area contributed by atoms with Gasteiger partial charge in [0.15, 0.2) is 0 Å². The Labute approximate surface area is 164 Å². The number of nitrogens with two attached hydrogens (primary N) is 1. The molecule has 1 amide bonds. The van der Waals surface area contributed by atoms with E-state index in [1.54, 1.807) is 0 Å². The van der Waals surface area contributed by atoms with E-state index in [0.29, 0.717) is 5.56 Å². The molecule has 1 aliphatic rings. The number of benzene rings is 2. The van der Waals surface area contributed by atoms with Crippen molar-refractivity contribution in [3.05, 3.63) is 72.6 Å². The van der Waals surface area contributed by atoms with Crippen LogP contribution in [0, 0.1) is 0 Å². The van der Waals surface area contributed by atoms with Crippen LogP contribution in [0.3, 0.4) is 0 Å². The first kappa shape index (κ1) is 18.3. The summed E-state index contributed by atoms with van der Waals surface area (Å²) in [6.45, 7) is 0. The van der Waals surface area contributed by atoms with E-state index in [0.717, 1.165) is 48.2 Å². The molecule has 0 bridgehead atoms. The number of nitrogens with zero attached hydrogens (tertiary/aromatic N) is 1. The minimum absolute atomic E-state index is 0.203. The van der Waals surface area contributed by atoms with E-state index in [-0.39, 0.29) is 12.1 Å². The minimum atomic E-state index is -0.441. The molecule has 1 aromatic heterocycles. The quantitative estimate of drug-likeness (QED) is 0.631. The van der Waals surface area contributed by atoms with Crippen LogP contribution in [0.5, 0.6) is 0 Å². The van der Waals surface area contributed by atoms with E-state index >= 15 is 0 Å². The van der Waals surface area contributed by atoms with Crippen LogP contribution in [0.4, 0.5) is 5.69 Å². The highest BCUT2D eigenvalue weighted by Crippen LogP contribution is 2.29. The van der Waals surface area contributed by atoms with Crippen LogP contribution >= 0.6 is 0 Å². The number of aliphatic hydroxyl groups excluding tert-OH is 1. The molecule has 1 saturated carbocycles. The Kier molecular flexibility index (Phi) is 5.17. The number of hydrogen-bond acceptors (Lipinski definition) is 3. The third kappa shape index (κ3) is 3.94. The maximum Gasteiger partial charge on any atom is 0.250 e. The van der Waals surface area contributed by atoms with Crippen molar-refractivity contribution in [1.29, 1.82) is 0 Å². The lowest BCUT2D eigenvalue weighted by Gasteiger charge is -2.27. The highest BCUT2D eigenvalue weighted by Gasteiger charge is 2.21. The van der Waals surface area contributed by atoms with Crippen molar-refractivity contribution in [2.75, 3.05) is 5.32 Å².